The van der Waals surface area contributed by atoms with E-state index in [0.717, 1.165) is 5.69 Å². The number of amides is 1. The minimum atomic E-state index is -1.17. The lowest BCUT2D eigenvalue weighted by Crippen LogP contribution is -2.26. The van der Waals surface area contributed by atoms with E-state index in [2.05, 4.69) is 10.4 Å². The monoisotopic (exact) mass is 446 g/mol. The topological polar surface area (TPSA) is 146 Å². The molecule has 0 saturated heterocycles. The minimum absolute atomic E-state index is 0.0138. The number of anilines is 1. The van der Waals surface area contributed by atoms with E-state index in [9.17, 15) is 19.7 Å². The van der Waals surface area contributed by atoms with Crippen molar-refractivity contribution >= 4 is 23.8 Å². The van der Waals surface area contributed by atoms with Crippen molar-refractivity contribution in [2.45, 2.75) is 58.1 Å². The molecule has 0 bridgehead atoms. The number of carboxylic acid groups (broad SMARTS) is 1. The predicted molar refractivity (Wildman–Crippen MR) is 114 cm³/mol. The van der Waals surface area contributed by atoms with Gasteiger partial charge < -0.3 is 14.6 Å². The second kappa shape index (κ2) is 8.85. The van der Waals surface area contributed by atoms with Gasteiger partial charge in [-0.15, -0.1) is 0 Å². The number of nitrogens with zero attached hydrogens (tertiary/aromatic N) is 3. The summed E-state index contributed by atoms with van der Waals surface area (Å²) in [6.07, 6.45) is -1.23. The molecule has 32 heavy (non-hydrogen) atoms. The number of hydrogen-bond acceptors (Lipinski definition) is 7. The SMILES string of the molecule is C[C@@H]1C[C@H](c2cc(NC(=O)O)n(C(C)(C)C)n2)C[C@@H]1OC(=O)Oc1ccc([N+](=O)[O-])cc1. The molecule has 11 nitrogen and oxygen atoms in total. The van der Waals surface area contributed by atoms with E-state index in [1.54, 1.807) is 10.7 Å². The Bertz CT molecular complexity index is 1010. The van der Waals surface area contributed by atoms with Gasteiger partial charge in [0.05, 0.1) is 16.2 Å². The Balaban J connectivity index is 1.66. The first kappa shape index (κ1) is 23.0. The molecule has 0 spiro atoms. The van der Waals surface area contributed by atoms with Gasteiger partial charge in [0.25, 0.3) is 5.69 Å². The summed E-state index contributed by atoms with van der Waals surface area (Å²) in [5.41, 5.74) is 0.194. The molecule has 1 aliphatic rings. The highest BCUT2D eigenvalue weighted by molar-refractivity contribution is 5.81. The van der Waals surface area contributed by atoms with Gasteiger partial charge in [-0.05, 0) is 51.7 Å². The summed E-state index contributed by atoms with van der Waals surface area (Å²) < 4.78 is 12.3. The lowest BCUT2D eigenvalue weighted by molar-refractivity contribution is -0.384. The maximum absolute atomic E-state index is 12.2. The van der Waals surface area contributed by atoms with Crippen molar-refractivity contribution in [2.24, 2.45) is 5.92 Å². The molecule has 2 aromatic rings. The van der Waals surface area contributed by atoms with Crippen LogP contribution in [-0.2, 0) is 10.3 Å². The van der Waals surface area contributed by atoms with Crippen molar-refractivity contribution in [3.63, 3.8) is 0 Å². The number of benzene rings is 1. The quantitative estimate of drug-likeness (QED) is 0.290. The molecule has 0 aliphatic heterocycles. The fourth-order valence-corrected chi connectivity index (χ4v) is 3.80. The van der Waals surface area contributed by atoms with Gasteiger partial charge >= 0.3 is 12.2 Å². The van der Waals surface area contributed by atoms with E-state index in [1.165, 1.54) is 24.3 Å². The predicted octanol–water partition coefficient (Wildman–Crippen LogP) is 4.73. The second-order valence-corrected chi connectivity index (χ2v) is 8.87. The lowest BCUT2D eigenvalue weighted by atomic mass is 10.0. The third-order valence-corrected chi connectivity index (χ3v) is 5.32. The van der Waals surface area contributed by atoms with Crippen LogP contribution in [0.4, 0.5) is 21.1 Å². The molecule has 1 aromatic heterocycles. The number of rotatable bonds is 5. The maximum atomic E-state index is 12.2. The van der Waals surface area contributed by atoms with E-state index in [0.29, 0.717) is 18.7 Å². The van der Waals surface area contributed by atoms with Crippen LogP contribution in [0, 0.1) is 16.0 Å². The average molecular weight is 446 g/mol. The number of nitro benzene ring substituents is 1. The summed E-state index contributed by atoms with van der Waals surface area (Å²) in [6.45, 7) is 7.73. The molecule has 172 valence electrons. The third-order valence-electron chi connectivity index (χ3n) is 5.32. The summed E-state index contributed by atoms with van der Waals surface area (Å²) in [4.78, 5) is 33.5. The molecular formula is C21H26N4O7. The largest absolute Gasteiger partial charge is 0.514 e. The number of carbonyl (C=O) groups is 2. The highest BCUT2D eigenvalue weighted by Crippen LogP contribution is 2.41. The molecule has 3 rings (SSSR count). The van der Waals surface area contributed by atoms with Gasteiger partial charge in [-0.25, -0.2) is 14.3 Å². The van der Waals surface area contributed by atoms with Crippen molar-refractivity contribution in [1.82, 2.24) is 9.78 Å². The van der Waals surface area contributed by atoms with Crippen LogP contribution in [0.5, 0.6) is 5.75 Å². The van der Waals surface area contributed by atoms with Gasteiger partial charge in [-0.2, -0.15) is 5.10 Å². The molecule has 11 heteroatoms. The van der Waals surface area contributed by atoms with E-state index in [4.69, 9.17) is 14.6 Å². The van der Waals surface area contributed by atoms with Crippen molar-refractivity contribution in [3.8, 4) is 5.75 Å². The van der Waals surface area contributed by atoms with Crippen LogP contribution in [-0.4, -0.2) is 38.2 Å². The lowest BCUT2D eigenvalue weighted by Gasteiger charge is -2.22. The Morgan fingerprint density at radius 1 is 1.25 bits per heavy atom. The molecule has 3 atom stereocenters. The van der Waals surface area contributed by atoms with Crippen molar-refractivity contribution < 1.29 is 29.1 Å². The number of non-ortho nitro benzene ring substituents is 1. The second-order valence-electron chi connectivity index (χ2n) is 8.87. The Labute approximate surface area is 184 Å². The molecule has 1 amide bonds. The van der Waals surface area contributed by atoms with Crippen LogP contribution >= 0.6 is 0 Å². The number of nitro groups is 1. The Morgan fingerprint density at radius 2 is 1.91 bits per heavy atom. The van der Waals surface area contributed by atoms with Crippen LogP contribution in [0.1, 0.15) is 52.1 Å². The van der Waals surface area contributed by atoms with Gasteiger partial charge in [0.1, 0.15) is 17.7 Å². The molecule has 0 radical (unpaired) electrons. The smallest absolute Gasteiger partial charge is 0.465 e. The van der Waals surface area contributed by atoms with E-state index < -0.39 is 28.8 Å². The van der Waals surface area contributed by atoms with Gasteiger partial charge in [0, 0.05) is 24.1 Å². The zero-order valence-electron chi connectivity index (χ0n) is 18.3. The molecule has 1 aromatic carbocycles. The number of ether oxygens (including phenoxy) is 2. The molecule has 1 aliphatic carbocycles. The fourth-order valence-electron chi connectivity index (χ4n) is 3.80. The van der Waals surface area contributed by atoms with Crippen molar-refractivity contribution in [1.29, 1.82) is 0 Å². The van der Waals surface area contributed by atoms with Gasteiger partial charge in [-0.1, -0.05) is 6.92 Å². The van der Waals surface area contributed by atoms with Crippen molar-refractivity contribution in [2.75, 3.05) is 5.32 Å². The maximum Gasteiger partial charge on any atom is 0.514 e. The standard InChI is InChI=1S/C21H26N4O7/c1-12-9-13(16-11-18(22-19(26)27)24(23-16)21(2,3)4)10-17(12)32-20(28)31-15-7-5-14(6-8-15)25(29)30/h5-8,11-13,17,22H,9-10H2,1-4H3,(H,26,27)/t12-,13+,17+/m1/s1. The molecule has 2 N–H and O–H groups in total. The first-order valence-corrected chi connectivity index (χ1v) is 10.2. The van der Waals surface area contributed by atoms with E-state index >= 15 is 0 Å². The Kier molecular flexibility index (Phi) is 6.37. The Hall–Kier alpha value is -3.63. The van der Waals surface area contributed by atoms with Gasteiger partial charge in [0.2, 0.25) is 0 Å². The number of aromatic nitrogens is 2. The average Bonchev–Trinajstić information content (AvgIpc) is 3.25. The zero-order chi connectivity index (χ0) is 23.6. The zero-order valence-corrected chi connectivity index (χ0v) is 18.3. The summed E-state index contributed by atoms with van der Waals surface area (Å²) in [6, 6.07) is 6.86. The van der Waals surface area contributed by atoms with Crippen LogP contribution in [0.15, 0.2) is 30.3 Å². The fraction of sp³-hybridized carbons (Fsp3) is 0.476. The van der Waals surface area contributed by atoms with Gasteiger partial charge in [0.15, 0.2) is 0 Å². The summed E-state index contributed by atoms with van der Waals surface area (Å²) in [5.74, 6) is 0.561. The van der Waals surface area contributed by atoms with Crippen LogP contribution in [0.3, 0.4) is 0 Å². The van der Waals surface area contributed by atoms with Crippen LogP contribution < -0.4 is 10.1 Å². The first-order valence-electron chi connectivity index (χ1n) is 10.2. The Morgan fingerprint density at radius 3 is 2.47 bits per heavy atom. The molecule has 1 saturated carbocycles. The van der Waals surface area contributed by atoms with Gasteiger partial charge in [-0.3, -0.25) is 15.4 Å². The summed E-state index contributed by atoms with van der Waals surface area (Å²) >= 11 is 0. The summed E-state index contributed by atoms with van der Waals surface area (Å²) in [5, 5.41) is 26.8. The highest BCUT2D eigenvalue weighted by Gasteiger charge is 2.37. The van der Waals surface area contributed by atoms with Crippen LogP contribution in [0.25, 0.3) is 0 Å². The molecular weight excluding hydrogens is 420 g/mol. The van der Waals surface area contributed by atoms with Crippen molar-refractivity contribution in [3.05, 3.63) is 46.1 Å². The number of carbonyl (C=O) groups excluding carboxylic acids is 1. The highest BCUT2D eigenvalue weighted by atomic mass is 16.7. The first-order chi connectivity index (χ1) is 14.9. The van der Waals surface area contributed by atoms with Crippen LogP contribution in [0.2, 0.25) is 0 Å². The minimum Gasteiger partial charge on any atom is -0.465 e. The van der Waals surface area contributed by atoms with E-state index in [-0.39, 0.29) is 23.3 Å². The number of nitrogens with one attached hydrogen (secondary N) is 1. The normalized spacial score (nSPS) is 20.6. The van der Waals surface area contributed by atoms with E-state index in [1.807, 2.05) is 27.7 Å². The third kappa shape index (κ3) is 5.34. The molecule has 1 fully saturated rings. The number of hydrogen-bond donors (Lipinski definition) is 2. The molecule has 0 unspecified atom stereocenters. The summed E-state index contributed by atoms with van der Waals surface area (Å²) in [7, 11) is 0. The molecule has 1 heterocycles.